The van der Waals surface area contributed by atoms with Crippen molar-refractivity contribution in [2.75, 3.05) is 0 Å². The smallest absolute Gasteiger partial charge is 0.240 e. The molecule has 2 heterocycles. The Balaban J connectivity index is 1.26. The minimum absolute atomic E-state index is 0.00119. The summed E-state index contributed by atoms with van der Waals surface area (Å²) in [6.45, 7) is 0.270. The Hall–Kier alpha value is -3.40. The molecule has 4 rings (SSSR count). The summed E-state index contributed by atoms with van der Waals surface area (Å²) in [6, 6.07) is 13.4. The van der Waals surface area contributed by atoms with Crippen LogP contribution in [-0.4, -0.2) is 32.6 Å². The molecule has 1 fully saturated rings. The average Bonchev–Trinajstić information content (AvgIpc) is 3.13. The number of rotatable bonds is 5. The van der Waals surface area contributed by atoms with Crippen molar-refractivity contribution < 1.29 is 9.53 Å². The van der Waals surface area contributed by atoms with Crippen LogP contribution in [0.4, 0.5) is 0 Å². The van der Waals surface area contributed by atoms with E-state index in [1.54, 1.807) is 18.5 Å². The summed E-state index contributed by atoms with van der Waals surface area (Å²) in [6.07, 6.45) is 6.78. The maximum absolute atomic E-state index is 12.4. The number of hydrogen-bond donors (Lipinski definition) is 1. The van der Waals surface area contributed by atoms with Crippen LogP contribution in [0.15, 0.2) is 48.9 Å². The zero-order valence-corrected chi connectivity index (χ0v) is 15.4. The number of carbonyl (C=O) groups is 1. The van der Waals surface area contributed by atoms with E-state index in [2.05, 4.69) is 15.3 Å². The van der Waals surface area contributed by atoms with Gasteiger partial charge < -0.3 is 14.6 Å². The summed E-state index contributed by atoms with van der Waals surface area (Å²) in [7, 11) is 0. The first-order valence-electron chi connectivity index (χ1n) is 9.43. The number of imidazole rings is 1. The van der Waals surface area contributed by atoms with Crippen LogP contribution in [0.5, 0.6) is 5.88 Å². The second-order valence-electron chi connectivity index (χ2n) is 7.02. The van der Waals surface area contributed by atoms with Crippen molar-refractivity contribution in [3.63, 3.8) is 0 Å². The highest BCUT2D eigenvalue weighted by Crippen LogP contribution is 2.23. The number of para-hydroxylation sites is 2. The monoisotopic (exact) mass is 375 g/mol. The van der Waals surface area contributed by atoms with Gasteiger partial charge in [0.05, 0.1) is 22.9 Å². The van der Waals surface area contributed by atoms with Crippen molar-refractivity contribution in [2.45, 2.75) is 44.4 Å². The van der Waals surface area contributed by atoms with Crippen molar-refractivity contribution in [3.05, 3.63) is 54.5 Å². The number of fused-ring (bicyclic) bond motifs is 1. The second kappa shape index (κ2) is 8.09. The van der Waals surface area contributed by atoms with Crippen molar-refractivity contribution in [1.82, 2.24) is 19.9 Å². The Labute approximate surface area is 163 Å². The molecule has 3 aromatic rings. The van der Waals surface area contributed by atoms with Crippen LogP contribution in [0.3, 0.4) is 0 Å². The van der Waals surface area contributed by atoms with Gasteiger partial charge in [-0.05, 0) is 43.9 Å². The third kappa shape index (κ3) is 4.12. The van der Waals surface area contributed by atoms with E-state index in [1.807, 2.05) is 34.9 Å². The van der Waals surface area contributed by atoms with Gasteiger partial charge in [0.15, 0.2) is 0 Å². The molecule has 2 aromatic heterocycles. The van der Waals surface area contributed by atoms with Crippen molar-refractivity contribution in [1.29, 1.82) is 5.26 Å². The zero-order valence-electron chi connectivity index (χ0n) is 15.4. The third-order valence-corrected chi connectivity index (χ3v) is 5.03. The molecule has 0 radical (unpaired) electrons. The fourth-order valence-electron chi connectivity index (χ4n) is 3.58. The Kier molecular flexibility index (Phi) is 5.20. The van der Waals surface area contributed by atoms with E-state index in [1.165, 1.54) is 6.20 Å². The summed E-state index contributed by atoms with van der Waals surface area (Å²) in [5.74, 6) is 0.541. The number of aromatic nitrogens is 3. The number of carbonyl (C=O) groups excluding carboxylic acids is 1. The maximum atomic E-state index is 12.4. The van der Waals surface area contributed by atoms with E-state index in [9.17, 15) is 4.79 Å². The van der Waals surface area contributed by atoms with Crippen LogP contribution in [-0.2, 0) is 11.3 Å². The van der Waals surface area contributed by atoms with Crippen LogP contribution < -0.4 is 10.1 Å². The molecule has 1 aromatic carbocycles. The van der Waals surface area contributed by atoms with Gasteiger partial charge in [-0.25, -0.2) is 9.97 Å². The minimum atomic E-state index is 0.00119. The fourth-order valence-corrected chi connectivity index (χ4v) is 3.58. The van der Waals surface area contributed by atoms with Gasteiger partial charge in [-0.1, -0.05) is 12.1 Å². The number of nitrogens with zero attached hydrogens (tertiary/aromatic N) is 4. The molecule has 1 aliphatic carbocycles. The molecule has 1 saturated carbocycles. The van der Waals surface area contributed by atoms with Crippen LogP contribution >= 0.6 is 0 Å². The molecule has 1 aliphatic rings. The van der Waals surface area contributed by atoms with E-state index in [0.29, 0.717) is 11.4 Å². The van der Waals surface area contributed by atoms with E-state index in [4.69, 9.17) is 10.00 Å². The largest absolute Gasteiger partial charge is 0.474 e. The number of benzene rings is 1. The lowest BCUT2D eigenvalue weighted by Gasteiger charge is -2.29. The van der Waals surface area contributed by atoms with Crippen molar-refractivity contribution in [2.24, 2.45) is 0 Å². The molecule has 0 spiro atoms. The number of nitrogens with one attached hydrogen (secondary N) is 1. The van der Waals surface area contributed by atoms with E-state index >= 15 is 0 Å². The predicted molar refractivity (Wildman–Crippen MR) is 103 cm³/mol. The van der Waals surface area contributed by atoms with Gasteiger partial charge in [-0.2, -0.15) is 5.26 Å². The molecule has 0 aliphatic heterocycles. The van der Waals surface area contributed by atoms with Crippen molar-refractivity contribution >= 4 is 16.9 Å². The number of amides is 1. The third-order valence-electron chi connectivity index (χ3n) is 5.03. The van der Waals surface area contributed by atoms with Gasteiger partial charge in [-0.15, -0.1) is 0 Å². The Morgan fingerprint density at radius 1 is 1.18 bits per heavy atom. The molecular weight excluding hydrogens is 354 g/mol. The normalized spacial score (nSPS) is 19.1. The summed E-state index contributed by atoms with van der Waals surface area (Å²) < 4.78 is 7.77. The standard InChI is InChI=1S/C21H21N5O2/c22-11-15-5-10-21(23-12-15)28-17-8-6-16(7-9-17)25-20(27)13-26-14-24-18-3-1-2-4-19(18)26/h1-5,10,12,14,16-17H,6-9,13H2,(H,25,27). The quantitative estimate of drug-likeness (QED) is 0.740. The number of hydrogen-bond acceptors (Lipinski definition) is 5. The second-order valence-corrected chi connectivity index (χ2v) is 7.02. The number of nitriles is 1. The predicted octanol–water partition coefficient (Wildman–Crippen LogP) is 2.81. The lowest BCUT2D eigenvalue weighted by atomic mass is 9.93. The highest BCUT2D eigenvalue weighted by molar-refractivity contribution is 5.80. The van der Waals surface area contributed by atoms with Crippen LogP contribution in [0.1, 0.15) is 31.2 Å². The first kappa shape index (κ1) is 18.0. The molecule has 1 N–H and O–H groups in total. The molecule has 0 saturated heterocycles. The SMILES string of the molecule is N#Cc1ccc(OC2CCC(NC(=O)Cn3cnc4ccccc43)CC2)nc1. The molecule has 142 valence electrons. The van der Waals surface area contributed by atoms with E-state index < -0.39 is 0 Å². The minimum Gasteiger partial charge on any atom is -0.474 e. The Bertz CT molecular complexity index is 998. The highest BCUT2D eigenvalue weighted by atomic mass is 16.5. The summed E-state index contributed by atoms with van der Waals surface area (Å²) >= 11 is 0. The molecule has 0 unspecified atom stereocenters. The summed E-state index contributed by atoms with van der Waals surface area (Å²) in [5, 5.41) is 11.9. The number of pyridine rings is 1. The molecule has 0 atom stereocenters. The van der Waals surface area contributed by atoms with Gasteiger partial charge in [-0.3, -0.25) is 4.79 Å². The van der Waals surface area contributed by atoms with Crippen LogP contribution in [0.2, 0.25) is 0 Å². The average molecular weight is 375 g/mol. The Morgan fingerprint density at radius 3 is 2.75 bits per heavy atom. The molecule has 28 heavy (non-hydrogen) atoms. The van der Waals surface area contributed by atoms with E-state index in [0.717, 1.165) is 36.7 Å². The number of ether oxygens (including phenoxy) is 1. The van der Waals surface area contributed by atoms with Gasteiger partial charge in [0.25, 0.3) is 0 Å². The topological polar surface area (TPSA) is 92.8 Å². The summed E-state index contributed by atoms with van der Waals surface area (Å²) in [5.41, 5.74) is 2.37. The Morgan fingerprint density at radius 2 is 2.00 bits per heavy atom. The molecule has 0 bridgehead atoms. The van der Waals surface area contributed by atoms with Crippen LogP contribution in [0.25, 0.3) is 11.0 Å². The lowest BCUT2D eigenvalue weighted by molar-refractivity contribution is -0.122. The molecule has 7 nitrogen and oxygen atoms in total. The maximum Gasteiger partial charge on any atom is 0.240 e. The van der Waals surface area contributed by atoms with E-state index in [-0.39, 0.29) is 24.6 Å². The summed E-state index contributed by atoms with van der Waals surface area (Å²) in [4.78, 5) is 20.9. The molecule has 7 heteroatoms. The fraction of sp³-hybridized carbons (Fsp3) is 0.333. The van der Waals surface area contributed by atoms with Crippen molar-refractivity contribution in [3.8, 4) is 11.9 Å². The van der Waals surface area contributed by atoms with Gasteiger partial charge >= 0.3 is 0 Å². The van der Waals surface area contributed by atoms with Gasteiger partial charge in [0.2, 0.25) is 11.8 Å². The first-order chi connectivity index (χ1) is 13.7. The molecule has 1 amide bonds. The highest BCUT2D eigenvalue weighted by Gasteiger charge is 2.24. The van der Waals surface area contributed by atoms with Gasteiger partial charge in [0, 0.05) is 18.3 Å². The lowest BCUT2D eigenvalue weighted by Crippen LogP contribution is -2.41. The van der Waals surface area contributed by atoms with Gasteiger partial charge in [0.1, 0.15) is 18.7 Å². The zero-order chi connectivity index (χ0) is 19.3. The van der Waals surface area contributed by atoms with Crippen LogP contribution in [0, 0.1) is 11.3 Å². The first-order valence-corrected chi connectivity index (χ1v) is 9.43. The molecular formula is C21H21N5O2.